The first kappa shape index (κ1) is 15.9. The number of aryl methyl sites for hydroxylation is 2. The van der Waals surface area contributed by atoms with Crippen molar-refractivity contribution in [3.8, 4) is 0 Å². The molecule has 0 spiro atoms. The minimum Gasteiger partial charge on any atom is -0.356 e. The van der Waals surface area contributed by atoms with Gasteiger partial charge in [0.05, 0.1) is 12.1 Å². The Bertz CT molecular complexity index is 1120. The van der Waals surface area contributed by atoms with Gasteiger partial charge >= 0.3 is 0 Å². The summed E-state index contributed by atoms with van der Waals surface area (Å²) >= 11 is 1.40. The van der Waals surface area contributed by atoms with Crippen molar-refractivity contribution in [2.75, 3.05) is 0 Å². The monoisotopic (exact) mass is 351 g/mol. The van der Waals surface area contributed by atoms with Gasteiger partial charge in [0.15, 0.2) is 0 Å². The fourth-order valence-corrected chi connectivity index (χ4v) is 4.21. The Morgan fingerprint density at radius 3 is 2.80 bits per heavy atom. The molecule has 0 aliphatic rings. The van der Waals surface area contributed by atoms with Gasteiger partial charge in [-0.25, -0.2) is 4.98 Å². The summed E-state index contributed by atoms with van der Waals surface area (Å²) in [6.07, 6.45) is 1.56. The molecule has 6 heteroatoms. The molecule has 3 aromatic heterocycles. The van der Waals surface area contributed by atoms with Gasteiger partial charge in [-0.2, -0.15) is 4.98 Å². The van der Waals surface area contributed by atoms with Crippen LogP contribution in [0.1, 0.15) is 16.8 Å². The number of benzene rings is 1. The van der Waals surface area contributed by atoms with Gasteiger partial charge in [0, 0.05) is 11.1 Å². The smallest absolute Gasteiger partial charge is 0.290 e. The predicted molar refractivity (Wildman–Crippen MR) is 99.9 cm³/mol. The molecule has 0 unspecified atom stereocenters. The van der Waals surface area contributed by atoms with E-state index in [2.05, 4.69) is 9.97 Å². The normalized spacial score (nSPS) is 11.4. The molecule has 0 aliphatic heterocycles. The molecule has 25 heavy (non-hydrogen) atoms. The van der Waals surface area contributed by atoms with Gasteiger partial charge in [-0.05, 0) is 31.0 Å². The topological polar surface area (TPSA) is 57.0 Å². The first-order valence-electron chi connectivity index (χ1n) is 8.01. The summed E-state index contributed by atoms with van der Waals surface area (Å²) in [6, 6.07) is 12.0. The first-order chi connectivity index (χ1) is 12.1. The van der Waals surface area contributed by atoms with E-state index in [1.807, 2.05) is 54.8 Å². The number of hydrogen-bond acceptors (Lipinski definition) is 5. The Morgan fingerprint density at radius 1 is 1.20 bits per heavy atom. The van der Waals surface area contributed by atoms with Crippen LogP contribution in [0.25, 0.3) is 20.4 Å². The zero-order chi connectivity index (χ0) is 17.4. The molecular formula is C19H17N3O2S. The highest BCUT2D eigenvalue weighted by molar-refractivity contribution is 7.25. The zero-order valence-corrected chi connectivity index (χ0v) is 14.8. The Labute approximate surface area is 148 Å². The van der Waals surface area contributed by atoms with E-state index in [-0.39, 0.29) is 5.56 Å². The maximum Gasteiger partial charge on any atom is 0.290 e. The molecular weight excluding hydrogens is 334 g/mol. The number of thiophene rings is 1. The van der Waals surface area contributed by atoms with Crippen LogP contribution in [0.2, 0.25) is 0 Å². The van der Waals surface area contributed by atoms with Crippen molar-refractivity contribution in [2.24, 2.45) is 0 Å². The van der Waals surface area contributed by atoms with Crippen LogP contribution in [-0.2, 0) is 18.1 Å². The van der Waals surface area contributed by atoms with Gasteiger partial charge in [0.1, 0.15) is 22.6 Å². The highest BCUT2D eigenvalue weighted by atomic mass is 32.1. The zero-order valence-electron chi connectivity index (χ0n) is 14.0. The van der Waals surface area contributed by atoms with Gasteiger partial charge in [0.2, 0.25) is 0 Å². The number of pyridine rings is 1. The van der Waals surface area contributed by atoms with Crippen molar-refractivity contribution in [1.82, 2.24) is 14.5 Å². The van der Waals surface area contributed by atoms with Gasteiger partial charge in [-0.15, -0.1) is 11.3 Å². The summed E-state index contributed by atoms with van der Waals surface area (Å²) in [4.78, 5) is 21.7. The average molecular weight is 351 g/mol. The second-order valence-corrected chi connectivity index (χ2v) is 7.02. The number of hydrogen-bond donors (Lipinski definition) is 0. The lowest BCUT2D eigenvalue weighted by molar-refractivity contribution is 0.0659. The summed E-state index contributed by atoms with van der Waals surface area (Å²) in [5, 5.41) is 1.01. The third-order valence-corrected chi connectivity index (χ3v) is 5.16. The van der Waals surface area contributed by atoms with Crippen molar-refractivity contribution in [3.63, 3.8) is 0 Å². The van der Waals surface area contributed by atoms with E-state index < -0.39 is 0 Å². The molecule has 1 aromatic carbocycles. The third-order valence-electron chi connectivity index (χ3n) is 4.10. The lowest BCUT2D eigenvalue weighted by Crippen LogP contribution is -2.12. The van der Waals surface area contributed by atoms with Crippen LogP contribution >= 0.6 is 11.3 Å². The summed E-state index contributed by atoms with van der Waals surface area (Å²) < 4.78 is 8.36. The van der Waals surface area contributed by atoms with E-state index >= 15 is 0 Å². The number of aromatic nitrogens is 3. The largest absolute Gasteiger partial charge is 0.356 e. The van der Waals surface area contributed by atoms with Crippen LogP contribution in [0.15, 0.2) is 47.5 Å². The Morgan fingerprint density at radius 2 is 2.00 bits per heavy atom. The number of ether oxygens (including phenoxy) is 1. The molecule has 3 heterocycles. The fraction of sp³-hybridized carbons (Fsp3) is 0.211. The summed E-state index contributed by atoms with van der Waals surface area (Å²) in [5.41, 5.74) is 3.81. The second-order valence-electron chi connectivity index (χ2n) is 6.02. The fourth-order valence-electron chi connectivity index (χ4n) is 3.01. The molecule has 0 atom stereocenters. The van der Waals surface area contributed by atoms with Crippen LogP contribution in [0.4, 0.5) is 0 Å². The number of nitrogens with zero attached hydrogens (tertiary/aromatic N) is 3. The van der Waals surface area contributed by atoms with Gasteiger partial charge in [-0.1, -0.05) is 30.3 Å². The minimum absolute atomic E-state index is 0.214. The molecule has 5 nitrogen and oxygen atoms in total. The van der Waals surface area contributed by atoms with Crippen LogP contribution in [0.3, 0.4) is 0 Å². The van der Waals surface area contributed by atoms with Crippen LogP contribution in [0, 0.1) is 13.8 Å². The molecule has 0 saturated carbocycles. The van der Waals surface area contributed by atoms with Crippen LogP contribution in [0.5, 0.6) is 0 Å². The average Bonchev–Trinajstić information content (AvgIpc) is 2.98. The molecule has 0 radical (unpaired) electrons. The van der Waals surface area contributed by atoms with Gasteiger partial charge < -0.3 is 9.30 Å². The number of rotatable bonds is 4. The Kier molecular flexibility index (Phi) is 4.07. The van der Waals surface area contributed by atoms with E-state index in [1.54, 1.807) is 6.33 Å². The molecule has 0 aliphatic carbocycles. The van der Waals surface area contributed by atoms with Crippen molar-refractivity contribution in [1.29, 1.82) is 0 Å². The van der Waals surface area contributed by atoms with E-state index in [1.165, 1.54) is 11.3 Å². The maximum absolute atomic E-state index is 12.2. The van der Waals surface area contributed by atoms with Gasteiger partial charge in [0.25, 0.3) is 5.56 Å². The van der Waals surface area contributed by atoms with E-state index in [4.69, 9.17) is 4.74 Å². The molecule has 4 rings (SSSR count). The van der Waals surface area contributed by atoms with E-state index in [0.29, 0.717) is 18.0 Å². The van der Waals surface area contributed by atoms with Crippen molar-refractivity contribution in [3.05, 3.63) is 69.9 Å². The highest BCUT2D eigenvalue weighted by Crippen LogP contribution is 2.32. The SMILES string of the molecule is Cc1cc(C)c2c(n1)sc1c(=O)ncn(COCc3ccccc3)c12. The minimum atomic E-state index is -0.214. The molecule has 0 bridgehead atoms. The van der Waals surface area contributed by atoms with Gasteiger partial charge in [-0.3, -0.25) is 4.79 Å². The summed E-state index contributed by atoms with van der Waals surface area (Å²) in [6.45, 7) is 4.85. The first-order valence-corrected chi connectivity index (χ1v) is 8.82. The molecule has 0 N–H and O–H groups in total. The Hall–Kier alpha value is -2.57. The lowest BCUT2D eigenvalue weighted by Gasteiger charge is -2.10. The predicted octanol–water partition coefficient (Wildman–Crippen LogP) is 3.80. The highest BCUT2D eigenvalue weighted by Gasteiger charge is 2.15. The van der Waals surface area contributed by atoms with E-state index in [9.17, 15) is 4.79 Å². The van der Waals surface area contributed by atoms with Crippen molar-refractivity contribution < 1.29 is 4.74 Å². The molecule has 126 valence electrons. The van der Waals surface area contributed by atoms with Crippen LogP contribution in [-0.4, -0.2) is 14.5 Å². The standard InChI is InChI=1S/C19H17N3O2S/c1-12-8-13(2)21-19-15(12)16-17(25-19)18(23)20-10-22(16)11-24-9-14-6-4-3-5-7-14/h3-8,10H,9,11H2,1-2H3. The Balaban J connectivity index is 1.76. The molecule has 4 aromatic rings. The summed E-state index contributed by atoms with van der Waals surface area (Å²) in [7, 11) is 0. The second kappa shape index (κ2) is 6.38. The summed E-state index contributed by atoms with van der Waals surface area (Å²) in [5.74, 6) is 0. The quantitative estimate of drug-likeness (QED) is 0.561. The lowest BCUT2D eigenvalue weighted by atomic mass is 10.1. The van der Waals surface area contributed by atoms with Crippen molar-refractivity contribution in [2.45, 2.75) is 27.2 Å². The molecule has 0 saturated heterocycles. The maximum atomic E-state index is 12.2. The van der Waals surface area contributed by atoms with Crippen molar-refractivity contribution >= 4 is 31.8 Å². The number of fused-ring (bicyclic) bond motifs is 3. The molecule has 0 amide bonds. The molecule has 0 fully saturated rings. The van der Waals surface area contributed by atoms with E-state index in [0.717, 1.165) is 32.6 Å². The van der Waals surface area contributed by atoms with Crippen LogP contribution < -0.4 is 5.56 Å². The third kappa shape index (κ3) is 2.94.